The van der Waals surface area contributed by atoms with Gasteiger partial charge in [-0.25, -0.2) is 8.78 Å². The fourth-order valence-corrected chi connectivity index (χ4v) is 2.87. The first-order valence-electron chi connectivity index (χ1n) is 7.88. The fraction of sp³-hybridized carbons (Fsp3) is 0.647. The molecule has 1 N–H and O–H groups in total. The van der Waals surface area contributed by atoms with Gasteiger partial charge in [0.2, 0.25) is 0 Å². The first kappa shape index (κ1) is 16.4. The standard InChI is InChI=1S/C17H26F2N2/c1-13(2)21(12-15-4-3-9-20-10-15)11-14-5-7-16(8-6-14)17(18)19/h5-8,13,15,17,20H,3-4,9-12H2,1-2H3. The second-order valence-corrected chi connectivity index (χ2v) is 6.28. The molecule has 0 bridgehead atoms. The van der Waals surface area contributed by atoms with Crippen LogP contribution in [0, 0.1) is 5.92 Å². The number of piperidine rings is 1. The maximum Gasteiger partial charge on any atom is 0.263 e. The van der Waals surface area contributed by atoms with Crippen LogP contribution in [0.3, 0.4) is 0 Å². The zero-order valence-corrected chi connectivity index (χ0v) is 13.0. The molecule has 4 heteroatoms. The van der Waals surface area contributed by atoms with Gasteiger partial charge in [-0.1, -0.05) is 24.3 Å². The molecule has 0 spiro atoms. The fourth-order valence-electron chi connectivity index (χ4n) is 2.87. The summed E-state index contributed by atoms with van der Waals surface area (Å²) in [7, 11) is 0. The van der Waals surface area contributed by atoms with Gasteiger partial charge in [-0.15, -0.1) is 0 Å². The van der Waals surface area contributed by atoms with Gasteiger partial charge in [-0.2, -0.15) is 0 Å². The third-order valence-corrected chi connectivity index (χ3v) is 4.24. The Labute approximate surface area is 126 Å². The summed E-state index contributed by atoms with van der Waals surface area (Å²) in [6, 6.07) is 7.20. The first-order valence-corrected chi connectivity index (χ1v) is 7.88. The highest BCUT2D eigenvalue weighted by Crippen LogP contribution is 2.20. The summed E-state index contributed by atoms with van der Waals surface area (Å²) in [5, 5.41) is 3.45. The quantitative estimate of drug-likeness (QED) is 0.858. The number of hydrogen-bond acceptors (Lipinski definition) is 2. The Hall–Kier alpha value is -1.00. The normalized spacial score (nSPS) is 19.7. The van der Waals surface area contributed by atoms with Crippen LogP contribution in [0.4, 0.5) is 8.78 Å². The minimum atomic E-state index is -2.38. The van der Waals surface area contributed by atoms with Gasteiger partial charge in [0.25, 0.3) is 6.43 Å². The topological polar surface area (TPSA) is 15.3 Å². The van der Waals surface area contributed by atoms with E-state index < -0.39 is 6.43 Å². The summed E-state index contributed by atoms with van der Waals surface area (Å²) in [5.74, 6) is 0.696. The summed E-state index contributed by atoms with van der Waals surface area (Å²) in [5.41, 5.74) is 1.21. The van der Waals surface area contributed by atoms with E-state index in [0.717, 1.165) is 31.7 Å². The lowest BCUT2D eigenvalue weighted by Gasteiger charge is -2.32. The smallest absolute Gasteiger partial charge is 0.263 e. The van der Waals surface area contributed by atoms with Crippen LogP contribution < -0.4 is 5.32 Å². The Morgan fingerprint density at radius 3 is 2.48 bits per heavy atom. The Morgan fingerprint density at radius 2 is 1.95 bits per heavy atom. The van der Waals surface area contributed by atoms with E-state index in [4.69, 9.17) is 0 Å². The summed E-state index contributed by atoms with van der Waals surface area (Å²) >= 11 is 0. The highest BCUT2D eigenvalue weighted by molar-refractivity contribution is 5.23. The summed E-state index contributed by atoms with van der Waals surface area (Å²) in [6.45, 7) is 8.52. The van der Waals surface area contributed by atoms with Crippen LogP contribution in [-0.2, 0) is 6.54 Å². The average molecular weight is 296 g/mol. The summed E-state index contributed by atoms with van der Waals surface area (Å²) in [4.78, 5) is 2.44. The average Bonchev–Trinajstić information content (AvgIpc) is 2.48. The molecule has 1 aliphatic heterocycles. The number of hydrogen-bond donors (Lipinski definition) is 1. The lowest BCUT2D eigenvalue weighted by molar-refractivity contribution is 0.151. The molecule has 1 saturated heterocycles. The summed E-state index contributed by atoms with van der Waals surface area (Å²) in [6.07, 6.45) is 0.147. The van der Waals surface area contributed by atoms with E-state index in [9.17, 15) is 8.78 Å². The van der Waals surface area contributed by atoms with Gasteiger partial charge >= 0.3 is 0 Å². The SMILES string of the molecule is CC(C)N(Cc1ccc(C(F)F)cc1)CC1CCCNC1. The number of benzene rings is 1. The highest BCUT2D eigenvalue weighted by Gasteiger charge is 2.19. The molecule has 0 radical (unpaired) electrons. The maximum absolute atomic E-state index is 12.6. The molecule has 1 aromatic carbocycles. The predicted octanol–water partition coefficient (Wildman–Crippen LogP) is 3.83. The van der Waals surface area contributed by atoms with Gasteiger partial charge in [0.1, 0.15) is 0 Å². The lowest BCUT2D eigenvalue weighted by atomic mass is 9.98. The number of nitrogens with zero attached hydrogens (tertiary/aromatic N) is 1. The maximum atomic E-state index is 12.6. The molecule has 1 heterocycles. The van der Waals surface area contributed by atoms with Crippen molar-refractivity contribution in [3.8, 4) is 0 Å². The van der Waals surface area contributed by atoms with E-state index in [1.54, 1.807) is 12.1 Å². The van der Waals surface area contributed by atoms with Gasteiger partial charge in [-0.05, 0) is 51.3 Å². The van der Waals surface area contributed by atoms with Crippen molar-refractivity contribution in [1.29, 1.82) is 0 Å². The highest BCUT2D eigenvalue weighted by atomic mass is 19.3. The van der Waals surface area contributed by atoms with Crippen LogP contribution in [-0.4, -0.2) is 30.6 Å². The number of nitrogens with one attached hydrogen (secondary N) is 1. The second kappa shape index (κ2) is 7.85. The van der Waals surface area contributed by atoms with E-state index >= 15 is 0 Å². The molecule has 0 amide bonds. The molecular weight excluding hydrogens is 270 g/mol. The van der Waals surface area contributed by atoms with Crippen molar-refractivity contribution in [2.24, 2.45) is 5.92 Å². The van der Waals surface area contributed by atoms with Crippen LogP contribution >= 0.6 is 0 Å². The van der Waals surface area contributed by atoms with Gasteiger partial charge in [0.15, 0.2) is 0 Å². The van der Waals surface area contributed by atoms with Crippen molar-refractivity contribution >= 4 is 0 Å². The van der Waals surface area contributed by atoms with Crippen LogP contribution in [0.1, 0.15) is 44.2 Å². The van der Waals surface area contributed by atoms with Crippen molar-refractivity contribution in [2.45, 2.75) is 45.7 Å². The molecule has 1 unspecified atom stereocenters. The van der Waals surface area contributed by atoms with Crippen molar-refractivity contribution in [1.82, 2.24) is 10.2 Å². The molecule has 2 nitrogen and oxygen atoms in total. The van der Waals surface area contributed by atoms with Crippen molar-refractivity contribution in [3.05, 3.63) is 35.4 Å². The minimum Gasteiger partial charge on any atom is -0.316 e. The Morgan fingerprint density at radius 1 is 1.24 bits per heavy atom. The molecule has 1 aliphatic rings. The zero-order valence-electron chi connectivity index (χ0n) is 13.0. The minimum absolute atomic E-state index is 0.103. The molecule has 0 saturated carbocycles. The molecule has 0 aromatic heterocycles. The molecule has 2 rings (SSSR count). The molecule has 118 valence electrons. The monoisotopic (exact) mass is 296 g/mol. The Kier molecular flexibility index (Phi) is 6.12. The second-order valence-electron chi connectivity index (χ2n) is 6.28. The van der Waals surface area contributed by atoms with Gasteiger partial charge < -0.3 is 5.32 Å². The van der Waals surface area contributed by atoms with Crippen molar-refractivity contribution in [3.63, 3.8) is 0 Å². The largest absolute Gasteiger partial charge is 0.316 e. The van der Waals surface area contributed by atoms with Gasteiger partial charge in [0, 0.05) is 24.7 Å². The van der Waals surface area contributed by atoms with Crippen molar-refractivity contribution in [2.75, 3.05) is 19.6 Å². The number of rotatable bonds is 6. The zero-order chi connectivity index (χ0) is 15.2. The summed E-state index contributed by atoms with van der Waals surface area (Å²) < 4.78 is 25.2. The van der Waals surface area contributed by atoms with E-state index in [1.165, 1.54) is 12.8 Å². The van der Waals surface area contributed by atoms with Gasteiger partial charge in [0.05, 0.1) is 0 Å². The molecule has 1 aromatic rings. The molecule has 1 atom stereocenters. The third-order valence-electron chi connectivity index (χ3n) is 4.24. The van der Waals surface area contributed by atoms with Crippen molar-refractivity contribution < 1.29 is 8.78 Å². The molecule has 21 heavy (non-hydrogen) atoms. The Balaban J connectivity index is 1.95. The lowest BCUT2D eigenvalue weighted by Crippen LogP contribution is -2.40. The number of halogens is 2. The molecule has 0 aliphatic carbocycles. The van der Waals surface area contributed by atoms with Crippen LogP contribution in [0.15, 0.2) is 24.3 Å². The predicted molar refractivity (Wildman–Crippen MR) is 82.5 cm³/mol. The Bertz CT molecular complexity index is 411. The number of alkyl halides is 2. The molecule has 1 fully saturated rings. The van der Waals surface area contributed by atoms with Gasteiger partial charge in [-0.3, -0.25) is 4.90 Å². The van der Waals surface area contributed by atoms with Crippen LogP contribution in [0.2, 0.25) is 0 Å². The van der Waals surface area contributed by atoms with Crippen LogP contribution in [0.25, 0.3) is 0 Å². The van der Waals surface area contributed by atoms with E-state index in [2.05, 4.69) is 24.1 Å². The molecular formula is C17H26F2N2. The van der Waals surface area contributed by atoms with E-state index in [-0.39, 0.29) is 5.56 Å². The van der Waals surface area contributed by atoms with E-state index in [0.29, 0.717) is 12.0 Å². The first-order chi connectivity index (χ1) is 10.1. The van der Waals surface area contributed by atoms with E-state index in [1.807, 2.05) is 12.1 Å². The van der Waals surface area contributed by atoms with Crippen LogP contribution in [0.5, 0.6) is 0 Å². The third kappa shape index (κ3) is 5.04.